The van der Waals surface area contributed by atoms with E-state index >= 15 is 0 Å². The predicted octanol–water partition coefficient (Wildman–Crippen LogP) is 4.60. The number of carbonyl (C=O) groups is 1. The first kappa shape index (κ1) is 19.4. The minimum absolute atomic E-state index is 0.421. The van der Waals surface area contributed by atoms with Gasteiger partial charge in [0.2, 0.25) is 15.9 Å². The molecule has 0 aliphatic rings. The number of rotatable bonds is 6. The molecule has 2 rings (SSSR count). The molecule has 0 saturated heterocycles. The third-order valence-corrected chi connectivity index (χ3v) is 3.71. The van der Waals surface area contributed by atoms with Gasteiger partial charge in [-0.15, -0.1) is 0 Å². The van der Waals surface area contributed by atoms with Crippen molar-refractivity contribution in [3.63, 3.8) is 0 Å². The molecule has 0 saturated carbocycles. The van der Waals surface area contributed by atoms with Crippen molar-refractivity contribution in [1.29, 1.82) is 0 Å². The van der Waals surface area contributed by atoms with Crippen LogP contribution in [0.5, 0.6) is 11.5 Å². The van der Waals surface area contributed by atoms with Gasteiger partial charge in [-0.05, 0) is 35.9 Å². The van der Waals surface area contributed by atoms with Gasteiger partial charge in [0.1, 0.15) is 11.5 Å². The highest BCUT2D eigenvalue weighted by Gasteiger charge is 2.35. The molecule has 132 valence electrons. The quantitative estimate of drug-likeness (QED) is 0.438. The molecule has 7 heteroatoms. The highest BCUT2D eigenvalue weighted by atomic mass is 35.6. The van der Waals surface area contributed by atoms with Crippen molar-refractivity contribution >= 4 is 46.8 Å². The third-order valence-electron chi connectivity index (χ3n) is 3.11. The van der Waals surface area contributed by atoms with E-state index < -0.39 is 15.9 Å². The van der Waals surface area contributed by atoms with Gasteiger partial charge in [0.05, 0.1) is 7.11 Å². The molecular weight excluding hydrogens is 385 g/mol. The summed E-state index contributed by atoms with van der Waals surface area (Å²) in [4.78, 5) is 12.1. The van der Waals surface area contributed by atoms with E-state index in [4.69, 9.17) is 44.3 Å². The predicted molar refractivity (Wildman–Crippen MR) is 101 cm³/mol. The summed E-state index contributed by atoms with van der Waals surface area (Å²) in [6, 6.07) is 16.0. The lowest BCUT2D eigenvalue weighted by Gasteiger charge is -2.25. The Morgan fingerprint density at radius 3 is 2.20 bits per heavy atom. The van der Waals surface area contributed by atoms with Crippen LogP contribution in [0.25, 0.3) is 6.08 Å². The van der Waals surface area contributed by atoms with Crippen LogP contribution in [-0.2, 0) is 4.79 Å². The summed E-state index contributed by atoms with van der Waals surface area (Å²) in [5.41, 5.74) is 0.874. The fourth-order valence-corrected chi connectivity index (χ4v) is 2.18. The number of benzene rings is 2. The van der Waals surface area contributed by atoms with Gasteiger partial charge in [-0.3, -0.25) is 4.79 Å². The van der Waals surface area contributed by atoms with Crippen molar-refractivity contribution in [3.05, 3.63) is 66.2 Å². The summed E-state index contributed by atoms with van der Waals surface area (Å²) in [6.07, 6.45) is 1.83. The highest BCUT2D eigenvalue weighted by molar-refractivity contribution is 6.68. The zero-order valence-corrected chi connectivity index (χ0v) is 15.6. The summed E-state index contributed by atoms with van der Waals surface area (Å²) < 4.78 is 8.80. The number of nitrogens with one attached hydrogen (secondary N) is 1. The molecule has 0 spiro atoms. The zero-order chi connectivity index (χ0) is 18.3. The Morgan fingerprint density at radius 1 is 1.04 bits per heavy atom. The minimum atomic E-state index is -1.85. The van der Waals surface area contributed by atoms with Crippen LogP contribution in [0.3, 0.4) is 0 Å². The molecule has 1 atom stereocenters. The third kappa shape index (κ3) is 6.50. The van der Waals surface area contributed by atoms with Crippen molar-refractivity contribution in [1.82, 2.24) is 5.32 Å². The van der Waals surface area contributed by atoms with Gasteiger partial charge >= 0.3 is 0 Å². The van der Waals surface area contributed by atoms with E-state index in [2.05, 4.69) is 5.32 Å². The molecule has 2 aromatic carbocycles. The number of hydrogen-bond acceptors (Lipinski definition) is 3. The fraction of sp³-hybridized carbons (Fsp3) is 0.167. The van der Waals surface area contributed by atoms with Gasteiger partial charge in [-0.2, -0.15) is 0 Å². The summed E-state index contributed by atoms with van der Waals surface area (Å²) in [5.74, 6) is 0.630. The monoisotopic (exact) mass is 399 g/mol. The molecule has 0 unspecified atom stereocenters. The Balaban J connectivity index is 2.04. The molecule has 0 aliphatic heterocycles. The van der Waals surface area contributed by atoms with Crippen LogP contribution in [0.1, 0.15) is 5.56 Å². The summed E-state index contributed by atoms with van der Waals surface area (Å²) in [6.45, 7) is 0. The second-order valence-corrected chi connectivity index (χ2v) is 7.34. The van der Waals surface area contributed by atoms with Gasteiger partial charge in [0, 0.05) is 6.08 Å². The smallest absolute Gasteiger partial charge is 0.246 e. The highest BCUT2D eigenvalue weighted by Crippen LogP contribution is 2.32. The van der Waals surface area contributed by atoms with E-state index in [-0.39, 0.29) is 0 Å². The second kappa shape index (κ2) is 8.99. The Kier molecular flexibility index (Phi) is 7.00. The zero-order valence-electron chi connectivity index (χ0n) is 13.3. The van der Waals surface area contributed by atoms with Crippen LogP contribution in [0, 0.1) is 0 Å². The Morgan fingerprint density at radius 2 is 1.64 bits per heavy atom. The topological polar surface area (TPSA) is 47.6 Å². The molecule has 0 bridgehead atoms. The standard InChI is InChI=1S/C18H16Cl3NO3/c1-24-14-8-10-15(11-9-14)25-17(18(19,20)21)22-16(23)12-7-13-5-3-2-4-6-13/h2-12,17H,1H3,(H,22,23)/b12-7+/t17-/m1/s1. The Hall–Kier alpha value is -1.88. The average Bonchev–Trinajstić information content (AvgIpc) is 2.60. The van der Waals surface area contributed by atoms with Crippen LogP contribution in [0.4, 0.5) is 0 Å². The molecule has 25 heavy (non-hydrogen) atoms. The first-order chi connectivity index (χ1) is 11.9. The minimum Gasteiger partial charge on any atom is -0.497 e. The van der Waals surface area contributed by atoms with Gasteiger partial charge in [0.15, 0.2) is 0 Å². The maximum absolute atomic E-state index is 12.1. The number of carbonyl (C=O) groups excluding carboxylic acids is 1. The van der Waals surface area contributed by atoms with E-state index in [1.165, 1.54) is 6.08 Å². The number of alkyl halides is 3. The number of amides is 1. The largest absolute Gasteiger partial charge is 0.497 e. The second-order valence-electron chi connectivity index (χ2n) is 4.97. The molecule has 0 fully saturated rings. The lowest BCUT2D eigenvalue weighted by molar-refractivity contribution is -0.118. The Labute approximate surface area is 161 Å². The van der Waals surface area contributed by atoms with Crippen molar-refractivity contribution in [3.8, 4) is 11.5 Å². The van der Waals surface area contributed by atoms with E-state index in [1.807, 2.05) is 30.3 Å². The lowest BCUT2D eigenvalue weighted by atomic mass is 10.2. The van der Waals surface area contributed by atoms with Crippen LogP contribution >= 0.6 is 34.8 Å². The van der Waals surface area contributed by atoms with Crippen molar-refractivity contribution in [2.24, 2.45) is 0 Å². The normalized spacial score (nSPS) is 12.6. The molecule has 0 heterocycles. The molecule has 1 amide bonds. The van der Waals surface area contributed by atoms with Crippen molar-refractivity contribution < 1.29 is 14.3 Å². The van der Waals surface area contributed by atoms with Crippen LogP contribution in [0.2, 0.25) is 0 Å². The molecule has 0 aromatic heterocycles. The molecule has 4 nitrogen and oxygen atoms in total. The van der Waals surface area contributed by atoms with Gasteiger partial charge in [0.25, 0.3) is 0 Å². The molecular formula is C18H16Cl3NO3. The van der Waals surface area contributed by atoms with Crippen molar-refractivity contribution in [2.75, 3.05) is 7.11 Å². The van der Waals surface area contributed by atoms with E-state index in [0.29, 0.717) is 11.5 Å². The molecule has 0 aliphatic carbocycles. The van der Waals surface area contributed by atoms with E-state index in [0.717, 1.165) is 5.56 Å². The summed E-state index contributed by atoms with van der Waals surface area (Å²) in [7, 11) is 1.55. The first-order valence-electron chi connectivity index (χ1n) is 7.29. The molecule has 1 N–H and O–H groups in total. The van der Waals surface area contributed by atoms with Gasteiger partial charge < -0.3 is 14.8 Å². The van der Waals surface area contributed by atoms with E-state index in [1.54, 1.807) is 37.5 Å². The fourth-order valence-electron chi connectivity index (χ4n) is 1.88. The Bertz CT molecular complexity index is 713. The first-order valence-corrected chi connectivity index (χ1v) is 8.43. The van der Waals surface area contributed by atoms with Gasteiger partial charge in [-0.25, -0.2) is 0 Å². The van der Waals surface area contributed by atoms with Crippen LogP contribution < -0.4 is 14.8 Å². The number of ether oxygens (including phenoxy) is 2. The van der Waals surface area contributed by atoms with E-state index in [9.17, 15) is 4.79 Å². The number of hydrogen-bond donors (Lipinski definition) is 1. The summed E-state index contributed by atoms with van der Waals surface area (Å²) >= 11 is 17.7. The van der Waals surface area contributed by atoms with Crippen LogP contribution in [0.15, 0.2) is 60.7 Å². The lowest BCUT2D eigenvalue weighted by Crippen LogP contribution is -2.47. The molecule has 2 aromatic rings. The maximum atomic E-state index is 12.1. The summed E-state index contributed by atoms with van der Waals surface area (Å²) in [5, 5.41) is 2.53. The van der Waals surface area contributed by atoms with Crippen LogP contribution in [-0.4, -0.2) is 23.0 Å². The molecule has 0 radical (unpaired) electrons. The van der Waals surface area contributed by atoms with Gasteiger partial charge in [-0.1, -0.05) is 65.1 Å². The van der Waals surface area contributed by atoms with Crippen molar-refractivity contribution in [2.45, 2.75) is 10.0 Å². The maximum Gasteiger partial charge on any atom is 0.246 e. The SMILES string of the molecule is COc1ccc(O[C@@H](NC(=O)/C=C/c2ccccc2)C(Cl)(Cl)Cl)cc1. The number of methoxy groups -OCH3 is 1. The average molecular weight is 401 g/mol. The number of halogens is 3.